The summed E-state index contributed by atoms with van der Waals surface area (Å²) in [7, 11) is 0. The summed E-state index contributed by atoms with van der Waals surface area (Å²) in [6.45, 7) is 1.81. The van der Waals surface area contributed by atoms with E-state index in [1.165, 1.54) is 0 Å². The average molecular weight is 195 g/mol. The molecule has 0 atom stereocenters. The molecule has 1 aromatic carbocycles. The molecule has 0 fully saturated rings. The second-order valence-electron chi connectivity index (χ2n) is 2.67. The van der Waals surface area contributed by atoms with Crippen LogP contribution in [-0.4, -0.2) is 6.21 Å². The summed E-state index contributed by atoms with van der Waals surface area (Å²) >= 11 is 5.71. The highest BCUT2D eigenvalue weighted by molar-refractivity contribution is 6.30. The summed E-state index contributed by atoms with van der Waals surface area (Å²) in [4.78, 5) is 4.15. The molecule has 0 saturated carbocycles. The molecule has 68 valence electrons. The molecular weight excluding hydrogens is 184 g/mol. The van der Waals surface area contributed by atoms with Gasteiger partial charge >= 0.3 is 0 Å². The fourth-order valence-corrected chi connectivity index (χ4v) is 0.894. The lowest BCUT2D eigenvalue weighted by Gasteiger charge is -1.91. The summed E-state index contributed by atoms with van der Waals surface area (Å²) in [5.74, 6) is 0. The normalized spacial score (nSPS) is 12.3. The molecule has 0 aromatic heterocycles. The Morgan fingerprint density at radius 3 is 2.54 bits per heavy atom. The third-order valence-corrected chi connectivity index (χ3v) is 1.64. The van der Waals surface area contributed by atoms with E-state index in [2.05, 4.69) is 4.99 Å². The molecule has 0 unspecified atom stereocenters. The van der Waals surface area contributed by atoms with Gasteiger partial charge in [-0.3, -0.25) is 4.99 Å². The van der Waals surface area contributed by atoms with Crippen LogP contribution in [0.25, 0.3) is 0 Å². The van der Waals surface area contributed by atoms with Crippen LogP contribution in [0.15, 0.2) is 41.0 Å². The van der Waals surface area contributed by atoms with Crippen molar-refractivity contribution in [3.8, 4) is 0 Å². The molecular formula is C10H11ClN2. The van der Waals surface area contributed by atoms with Crippen LogP contribution in [0, 0.1) is 0 Å². The van der Waals surface area contributed by atoms with Gasteiger partial charge in [0.2, 0.25) is 0 Å². The molecule has 13 heavy (non-hydrogen) atoms. The first-order valence-electron chi connectivity index (χ1n) is 3.90. The number of hydrogen-bond acceptors (Lipinski definition) is 2. The van der Waals surface area contributed by atoms with Crippen molar-refractivity contribution in [1.82, 2.24) is 0 Å². The van der Waals surface area contributed by atoms with Crippen LogP contribution >= 0.6 is 11.6 Å². The Bertz CT molecular complexity index is 321. The van der Waals surface area contributed by atoms with Crippen LogP contribution in [0.1, 0.15) is 6.92 Å². The number of rotatable bonds is 2. The minimum Gasteiger partial charge on any atom is -0.402 e. The molecule has 0 aliphatic carbocycles. The first-order chi connectivity index (χ1) is 6.18. The maximum Gasteiger partial charge on any atom is 0.0630 e. The molecule has 0 saturated heterocycles. The van der Waals surface area contributed by atoms with E-state index in [-0.39, 0.29) is 0 Å². The van der Waals surface area contributed by atoms with Crippen molar-refractivity contribution in [1.29, 1.82) is 0 Å². The van der Waals surface area contributed by atoms with Gasteiger partial charge < -0.3 is 5.73 Å². The number of allylic oxidation sites excluding steroid dienone is 2. The van der Waals surface area contributed by atoms with Gasteiger partial charge in [0.15, 0.2) is 0 Å². The minimum absolute atomic E-state index is 0.712. The highest BCUT2D eigenvalue weighted by Gasteiger charge is 1.86. The zero-order valence-corrected chi connectivity index (χ0v) is 8.12. The van der Waals surface area contributed by atoms with E-state index in [1.807, 2.05) is 19.1 Å². The van der Waals surface area contributed by atoms with Crippen molar-refractivity contribution in [2.45, 2.75) is 6.92 Å². The molecule has 0 aliphatic heterocycles. The fourth-order valence-electron chi connectivity index (χ4n) is 0.768. The lowest BCUT2D eigenvalue weighted by Crippen LogP contribution is -1.89. The van der Waals surface area contributed by atoms with E-state index in [1.54, 1.807) is 24.4 Å². The summed E-state index contributed by atoms with van der Waals surface area (Å²) in [5, 5.41) is 0.712. The van der Waals surface area contributed by atoms with Crippen LogP contribution < -0.4 is 5.73 Å². The van der Waals surface area contributed by atoms with Gasteiger partial charge in [-0.2, -0.15) is 0 Å². The Hall–Kier alpha value is -1.28. The number of nitrogens with zero attached hydrogens (tertiary/aromatic N) is 1. The highest BCUT2D eigenvalue weighted by Crippen LogP contribution is 2.15. The number of aliphatic imine (C=N–C) groups is 1. The number of benzene rings is 1. The Morgan fingerprint density at radius 2 is 2.00 bits per heavy atom. The van der Waals surface area contributed by atoms with Crippen LogP contribution in [0.2, 0.25) is 5.02 Å². The number of hydrogen-bond donors (Lipinski definition) is 1. The van der Waals surface area contributed by atoms with Crippen LogP contribution in [0.4, 0.5) is 5.69 Å². The Kier molecular flexibility index (Phi) is 3.53. The molecule has 3 heteroatoms. The van der Waals surface area contributed by atoms with E-state index in [0.29, 0.717) is 5.02 Å². The molecule has 1 aromatic rings. The summed E-state index contributed by atoms with van der Waals surface area (Å²) in [5.41, 5.74) is 7.03. The quantitative estimate of drug-likeness (QED) is 0.723. The standard InChI is InChI=1S/C10H11ClN2/c1-8(12)6-7-13-10-4-2-9(11)3-5-10/h2-7H,12H2,1H3. The smallest absolute Gasteiger partial charge is 0.0630 e. The summed E-state index contributed by atoms with van der Waals surface area (Å²) in [6.07, 6.45) is 3.41. The first-order valence-corrected chi connectivity index (χ1v) is 4.28. The third kappa shape index (κ3) is 3.76. The third-order valence-electron chi connectivity index (χ3n) is 1.39. The predicted octanol–water partition coefficient (Wildman–Crippen LogP) is 2.90. The Morgan fingerprint density at radius 1 is 1.38 bits per heavy atom. The molecule has 0 aliphatic rings. The molecule has 0 heterocycles. The van der Waals surface area contributed by atoms with Crippen molar-refractivity contribution in [2.24, 2.45) is 10.7 Å². The SMILES string of the molecule is CC(N)=CC=Nc1ccc(Cl)cc1. The van der Waals surface area contributed by atoms with Gasteiger partial charge in [-0.05, 0) is 37.3 Å². The van der Waals surface area contributed by atoms with E-state index < -0.39 is 0 Å². The second kappa shape index (κ2) is 4.67. The number of nitrogens with two attached hydrogens (primary N) is 1. The van der Waals surface area contributed by atoms with Gasteiger partial charge in [0.25, 0.3) is 0 Å². The van der Waals surface area contributed by atoms with Gasteiger partial charge in [0.05, 0.1) is 5.69 Å². The lowest BCUT2D eigenvalue weighted by atomic mass is 10.3. The van der Waals surface area contributed by atoms with Gasteiger partial charge in [-0.1, -0.05) is 11.6 Å². The Labute approximate surface area is 82.7 Å². The fraction of sp³-hybridized carbons (Fsp3) is 0.100. The molecule has 0 bridgehead atoms. The zero-order chi connectivity index (χ0) is 9.68. The van der Waals surface area contributed by atoms with E-state index in [9.17, 15) is 0 Å². The summed E-state index contributed by atoms with van der Waals surface area (Å²) < 4.78 is 0. The molecule has 2 nitrogen and oxygen atoms in total. The first kappa shape index (κ1) is 9.81. The van der Waals surface area contributed by atoms with Crippen LogP contribution in [0.3, 0.4) is 0 Å². The van der Waals surface area contributed by atoms with Gasteiger partial charge in [-0.15, -0.1) is 0 Å². The summed E-state index contributed by atoms with van der Waals surface area (Å²) in [6, 6.07) is 7.29. The van der Waals surface area contributed by atoms with Crippen LogP contribution in [0.5, 0.6) is 0 Å². The topological polar surface area (TPSA) is 38.4 Å². The van der Waals surface area contributed by atoms with E-state index in [4.69, 9.17) is 17.3 Å². The monoisotopic (exact) mass is 194 g/mol. The zero-order valence-electron chi connectivity index (χ0n) is 7.37. The van der Waals surface area contributed by atoms with E-state index >= 15 is 0 Å². The van der Waals surface area contributed by atoms with Gasteiger partial charge in [0, 0.05) is 16.9 Å². The second-order valence-corrected chi connectivity index (χ2v) is 3.10. The lowest BCUT2D eigenvalue weighted by molar-refractivity contribution is 1.33. The Balaban J connectivity index is 2.70. The minimum atomic E-state index is 0.712. The van der Waals surface area contributed by atoms with Crippen molar-refractivity contribution in [2.75, 3.05) is 0 Å². The van der Waals surface area contributed by atoms with Crippen molar-refractivity contribution in [3.63, 3.8) is 0 Å². The largest absolute Gasteiger partial charge is 0.402 e. The number of halogens is 1. The highest BCUT2D eigenvalue weighted by atomic mass is 35.5. The van der Waals surface area contributed by atoms with Crippen molar-refractivity contribution >= 4 is 23.5 Å². The molecule has 0 radical (unpaired) electrons. The van der Waals surface area contributed by atoms with E-state index in [0.717, 1.165) is 11.4 Å². The molecule has 0 spiro atoms. The average Bonchev–Trinajstić information content (AvgIpc) is 2.08. The predicted molar refractivity (Wildman–Crippen MR) is 57.5 cm³/mol. The van der Waals surface area contributed by atoms with Crippen molar-refractivity contribution in [3.05, 3.63) is 41.1 Å². The molecule has 2 N–H and O–H groups in total. The maximum absolute atomic E-state index is 5.71. The van der Waals surface area contributed by atoms with Crippen molar-refractivity contribution < 1.29 is 0 Å². The van der Waals surface area contributed by atoms with Crippen LogP contribution in [-0.2, 0) is 0 Å². The van der Waals surface area contributed by atoms with Gasteiger partial charge in [-0.25, -0.2) is 0 Å². The molecule has 1 rings (SSSR count). The van der Waals surface area contributed by atoms with Gasteiger partial charge in [0.1, 0.15) is 0 Å². The molecule has 0 amide bonds. The maximum atomic E-state index is 5.71.